The molecule has 0 radical (unpaired) electrons. The second-order valence-corrected chi connectivity index (χ2v) is 9.45. The molecule has 1 aliphatic rings. The zero-order valence-electron chi connectivity index (χ0n) is 19.0. The van der Waals surface area contributed by atoms with Crippen LogP contribution < -0.4 is 15.8 Å². The number of benzene rings is 2. The summed E-state index contributed by atoms with van der Waals surface area (Å²) < 4.78 is 14.6. The fourth-order valence-corrected chi connectivity index (χ4v) is 3.14. The molecule has 32 heavy (non-hydrogen) atoms. The average Bonchev–Trinajstić information content (AvgIpc) is 3.21. The van der Waals surface area contributed by atoms with Crippen molar-refractivity contribution in [3.8, 4) is 11.8 Å². The lowest BCUT2D eigenvalue weighted by Crippen LogP contribution is -2.36. The topological polar surface area (TPSA) is 56.7 Å². The van der Waals surface area contributed by atoms with E-state index in [0.29, 0.717) is 35.2 Å². The Balaban J connectivity index is 1.72. The SMILES string of the molecule is CC(C)C(=O)NCc1ccc(Cl)c(N2CN=C(c3ccc(C#CC(C)(C)C)c(F)c3)N2)c1. The van der Waals surface area contributed by atoms with E-state index in [1.807, 2.05) is 46.8 Å². The fourth-order valence-electron chi connectivity index (χ4n) is 2.92. The minimum absolute atomic E-state index is 0.0101. The highest BCUT2D eigenvalue weighted by Crippen LogP contribution is 2.28. The maximum atomic E-state index is 14.6. The van der Waals surface area contributed by atoms with E-state index < -0.39 is 0 Å². The van der Waals surface area contributed by atoms with Crippen molar-refractivity contribution in [2.75, 3.05) is 11.7 Å². The molecule has 0 unspecified atom stereocenters. The molecule has 5 nitrogen and oxygen atoms in total. The Morgan fingerprint density at radius 2 is 2.03 bits per heavy atom. The molecule has 0 saturated carbocycles. The van der Waals surface area contributed by atoms with Gasteiger partial charge < -0.3 is 5.32 Å². The lowest BCUT2D eigenvalue weighted by atomic mass is 9.97. The molecule has 1 aliphatic heterocycles. The summed E-state index contributed by atoms with van der Waals surface area (Å²) in [7, 11) is 0. The third-order valence-electron chi connectivity index (χ3n) is 4.72. The lowest BCUT2D eigenvalue weighted by molar-refractivity contribution is -0.124. The smallest absolute Gasteiger partial charge is 0.222 e. The Morgan fingerprint density at radius 3 is 2.69 bits per heavy atom. The molecular formula is C25H28ClFN4O. The maximum Gasteiger partial charge on any atom is 0.222 e. The molecule has 0 saturated heterocycles. The number of carbonyl (C=O) groups excluding carboxylic acids is 1. The molecule has 0 spiro atoms. The van der Waals surface area contributed by atoms with Crippen LogP contribution in [0.5, 0.6) is 0 Å². The van der Waals surface area contributed by atoms with Gasteiger partial charge in [0.15, 0.2) is 0 Å². The Labute approximate surface area is 194 Å². The summed E-state index contributed by atoms with van der Waals surface area (Å²) in [6.45, 7) is 10.4. The van der Waals surface area contributed by atoms with Crippen molar-refractivity contribution in [3.63, 3.8) is 0 Å². The van der Waals surface area contributed by atoms with Crippen LogP contribution in [0.4, 0.5) is 10.1 Å². The number of nitrogens with one attached hydrogen (secondary N) is 2. The van der Waals surface area contributed by atoms with Crippen molar-refractivity contribution in [2.24, 2.45) is 16.3 Å². The quantitative estimate of drug-likeness (QED) is 0.633. The average molecular weight is 455 g/mol. The van der Waals surface area contributed by atoms with E-state index in [-0.39, 0.29) is 23.1 Å². The monoisotopic (exact) mass is 454 g/mol. The number of hydrazine groups is 1. The summed E-state index contributed by atoms with van der Waals surface area (Å²) in [5, 5.41) is 5.24. The third kappa shape index (κ3) is 6.02. The number of nitrogens with zero attached hydrogens (tertiary/aromatic N) is 2. The molecule has 0 aromatic heterocycles. The molecule has 0 atom stereocenters. The van der Waals surface area contributed by atoms with Crippen LogP contribution in [0.15, 0.2) is 41.4 Å². The van der Waals surface area contributed by atoms with Crippen molar-refractivity contribution in [2.45, 2.75) is 41.2 Å². The Kier molecular flexibility index (Phi) is 7.10. The molecule has 2 aromatic carbocycles. The van der Waals surface area contributed by atoms with Gasteiger partial charge in [-0.25, -0.2) is 9.38 Å². The fraction of sp³-hybridized carbons (Fsp3) is 0.360. The minimum Gasteiger partial charge on any atom is -0.352 e. The van der Waals surface area contributed by atoms with Gasteiger partial charge in [-0.3, -0.25) is 15.2 Å². The largest absolute Gasteiger partial charge is 0.352 e. The number of halogens is 2. The normalized spacial score (nSPS) is 13.4. The first-order valence-corrected chi connectivity index (χ1v) is 10.9. The molecule has 2 N–H and O–H groups in total. The van der Waals surface area contributed by atoms with E-state index in [1.165, 1.54) is 6.07 Å². The van der Waals surface area contributed by atoms with E-state index >= 15 is 0 Å². The second-order valence-electron chi connectivity index (χ2n) is 9.04. The van der Waals surface area contributed by atoms with Gasteiger partial charge in [0.1, 0.15) is 18.3 Å². The van der Waals surface area contributed by atoms with Gasteiger partial charge in [0.2, 0.25) is 5.91 Å². The van der Waals surface area contributed by atoms with Crippen molar-refractivity contribution in [1.82, 2.24) is 10.7 Å². The van der Waals surface area contributed by atoms with Gasteiger partial charge in [0.05, 0.1) is 16.3 Å². The summed E-state index contributed by atoms with van der Waals surface area (Å²) in [6.07, 6.45) is 0. The number of hydrogen-bond acceptors (Lipinski definition) is 4. The molecular weight excluding hydrogens is 427 g/mol. The molecule has 3 rings (SSSR count). The first kappa shape index (κ1) is 23.6. The van der Waals surface area contributed by atoms with Crippen molar-refractivity contribution >= 4 is 29.0 Å². The summed E-state index contributed by atoms with van der Waals surface area (Å²) >= 11 is 6.41. The second kappa shape index (κ2) is 9.62. The summed E-state index contributed by atoms with van der Waals surface area (Å²) in [6, 6.07) is 10.5. The summed E-state index contributed by atoms with van der Waals surface area (Å²) in [4.78, 5) is 16.3. The van der Waals surface area contributed by atoms with Gasteiger partial charge >= 0.3 is 0 Å². The summed E-state index contributed by atoms with van der Waals surface area (Å²) in [5.74, 6) is 6.02. The lowest BCUT2D eigenvalue weighted by Gasteiger charge is -2.21. The van der Waals surface area contributed by atoms with Gasteiger partial charge in [-0.2, -0.15) is 0 Å². The molecule has 1 amide bonds. The molecule has 0 aliphatic carbocycles. The van der Waals surface area contributed by atoms with Gasteiger partial charge in [-0.1, -0.05) is 43.4 Å². The van der Waals surface area contributed by atoms with Crippen molar-refractivity contribution in [3.05, 3.63) is 63.9 Å². The molecule has 0 bridgehead atoms. The standard InChI is InChI=1S/C25H28ClFN4O/c1-16(2)24(32)28-14-17-6-9-20(26)22(12-17)31-15-29-23(30-31)19-8-7-18(21(27)13-19)10-11-25(3,4)5/h6-9,12-13,16H,14-15H2,1-5H3,(H,28,32)(H,29,30). The van der Waals surface area contributed by atoms with Crippen LogP contribution in [0.2, 0.25) is 5.02 Å². The Bertz CT molecular complexity index is 1110. The number of aliphatic imine (C=N–C) groups is 1. The van der Waals surface area contributed by atoms with E-state index in [2.05, 4.69) is 27.6 Å². The number of anilines is 1. The van der Waals surface area contributed by atoms with Crippen LogP contribution in [-0.2, 0) is 11.3 Å². The number of amides is 1. The van der Waals surface area contributed by atoms with Crippen LogP contribution in [0.25, 0.3) is 0 Å². The van der Waals surface area contributed by atoms with Crippen molar-refractivity contribution < 1.29 is 9.18 Å². The molecule has 168 valence electrons. The Morgan fingerprint density at radius 1 is 1.28 bits per heavy atom. The highest BCUT2D eigenvalue weighted by Gasteiger charge is 2.20. The minimum atomic E-state index is -0.386. The molecule has 7 heteroatoms. The highest BCUT2D eigenvalue weighted by molar-refractivity contribution is 6.33. The summed E-state index contributed by atoms with van der Waals surface area (Å²) in [5.41, 5.74) is 5.62. The van der Waals surface area contributed by atoms with Gasteiger partial charge in [-0.05, 0) is 56.7 Å². The zero-order valence-corrected chi connectivity index (χ0v) is 19.8. The van der Waals surface area contributed by atoms with E-state index in [9.17, 15) is 9.18 Å². The van der Waals surface area contributed by atoms with Gasteiger partial charge in [0.25, 0.3) is 0 Å². The first-order valence-electron chi connectivity index (χ1n) is 10.5. The van der Waals surface area contributed by atoms with Crippen LogP contribution in [0, 0.1) is 29.0 Å². The van der Waals surface area contributed by atoms with Crippen LogP contribution in [-0.4, -0.2) is 18.4 Å². The highest BCUT2D eigenvalue weighted by atomic mass is 35.5. The van der Waals surface area contributed by atoms with Crippen LogP contribution in [0.3, 0.4) is 0 Å². The number of hydrogen-bond donors (Lipinski definition) is 2. The van der Waals surface area contributed by atoms with Gasteiger partial charge in [0, 0.05) is 23.4 Å². The molecule has 0 fully saturated rings. The number of amidine groups is 1. The van der Waals surface area contributed by atoms with E-state index in [4.69, 9.17) is 11.6 Å². The first-order chi connectivity index (χ1) is 15.0. The Hall–Kier alpha value is -3.04. The van der Waals surface area contributed by atoms with Gasteiger partial charge in [-0.15, -0.1) is 0 Å². The molecule has 1 heterocycles. The third-order valence-corrected chi connectivity index (χ3v) is 5.04. The molecule has 2 aromatic rings. The van der Waals surface area contributed by atoms with Crippen molar-refractivity contribution in [1.29, 1.82) is 0 Å². The number of rotatable bonds is 5. The van der Waals surface area contributed by atoms with Crippen LogP contribution in [0.1, 0.15) is 51.3 Å². The number of carbonyl (C=O) groups is 1. The van der Waals surface area contributed by atoms with E-state index in [0.717, 1.165) is 11.3 Å². The van der Waals surface area contributed by atoms with E-state index in [1.54, 1.807) is 23.2 Å². The van der Waals surface area contributed by atoms with Crippen LogP contribution >= 0.6 is 11.6 Å². The predicted octanol–water partition coefficient (Wildman–Crippen LogP) is 4.88. The zero-order chi connectivity index (χ0) is 23.5. The maximum absolute atomic E-state index is 14.6. The predicted molar refractivity (Wildman–Crippen MR) is 128 cm³/mol.